The number of halogens is 1. The van der Waals surface area contributed by atoms with Gasteiger partial charge in [0.1, 0.15) is 11.6 Å². The van der Waals surface area contributed by atoms with Crippen LogP contribution in [0, 0.1) is 35.0 Å². The maximum atomic E-state index is 13.6. The van der Waals surface area contributed by atoms with E-state index < -0.39 is 5.95 Å². The van der Waals surface area contributed by atoms with Gasteiger partial charge < -0.3 is 20.4 Å². The number of allylic oxidation sites excluding steroid dienone is 2. The summed E-state index contributed by atoms with van der Waals surface area (Å²) in [6.07, 6.45) is 16.0. The summed E-state index contributed by atoms with van der Waals surface area (Å²) >= 11 is 0. The summed E-state index contributed by atoms with van der Waals surface area (Å²) in [4.78, 5) is 32.2. The highest BCUT2D eigenvalue weighted by Gasteiger charge is 2.54. The Balaban J connectivity index is 0.777. The lowest BCUT2D eigenvalue weighted by molar-refractivity contribution is -0.146. The van der Waals surface area contributed by atoms with E-state index in [4.69, 9.17) is 4.98 Å². The van der Waals surface area contributed by atoms with E-state index in [9.17, 15) is 9.18 Å². The zero-order chi connectivity index (χ0) is 34.6. The average molecular weight is 699 g/mol. The van der Waals surface area contributed by atoms with Gasteiger partial charge >= 0.3 is 0 Å². The molecule has 51 heavy (non-hydrogen) atoms. The van der Waals surface area contributed by atoms with Crippen molar-refractivity contribution in [1.29, 1.82) is 0 Å². The van der Waals surface area contributed by atoms with Gasteiger partial charge in [0.2, 0.25) is 11.9 Å². The summed E-state index contributed by atoms with van der Waals surface area (Å²) in [5, 5.41) is 7.23. The summed E-state index contributed by atoms with van der Waals surface area (Å²) in [5.41, 5.74) is 2.47. The van der Waals surface area contributed by atoms with Crippen molar-refractivity contribution in [3.05, 3.63) is 59.8 Å². The van der Waals surface area contributed by atoms with Gasteiger partial charge in [0.15, 0.2) is 0 Å². The molecule has 2 saturated heterocycles. The molecule has 2 aromatic heterocycles. The Morgan fingerprint density at radius 1 is 0.745 bits per heavy atom. The van der Waals surface area contributed by atoms with Gasteiger partial charge in [-0.25, -0.2) is 9.97 Å². The van der Waals surface area contributed by atoms with Crippen molar-refractivity contribution in [3.63, 3.8) is 0 Å². The largest absolute Gasteiger partial charge is 0.387 e. The zero-order valence-corrected chi connectivity index (χ0v) is 30.6. The molecule has 0 radical (unpaired) electrons. The lowest BCUT2D eigenvalue weighted by atomic mass is 9.49. The van der Waals surface area contributed by atoms with Crippen LogP contribution in [0.1, 0.15) is 69.9 Å². The van der Waals surface area contributed by atoms with E-state index in [1.54, 1.807) is 6.07 Å². The molecular weight excluding hydrogens is 640 g/mol. The van der Waals surface area contributed by atoms with Crippen LogP contribution < -0.4 is 20.4 Å². The molecule has 9 nitrogen and oxygen atoms in total. The van der Waals surface area contributed by atoms with Crippen molar-refractivity contribution < 1.29 is 9.18 Å². The second-order valence-electron chi connectivity index (χ2n) is 16.7. The lowest BCUT2D eigenvalue weighted by Gasteiger charge is -2.55. The van der Waals surface area contributed by atoms with Gasteiger partial charge in [-0.3, -0.25) is 14.6 Å². The fourth-order valence-electron chi connectivity index (χ4n) is 10.8. The van der Waals surface area contributed by atoms with Gasteiger partial charge in [0, 0.05) is 102 Å². The highest BCUT2D eigenvalue weighted by molar-refractivity contribution is 5.83. The minimum atomic E-state index is -0.411. The number of amides is 1. The van der Waals surface area contributed by atoms with E-state index >= 15 is 0 Å². The molecule has 0 spiro atoms. The standard InChI is InChI=1S/C41H59FN8O/c42-37-8-4-10-39(46-37)50-23-19-47(20-24-50)15-13-43-36(34-5-1-2-6-34)12-11-35-7-3-9-38(45-35)49-21-17-48(18-22-49)16-14-44-40(51)41-28-31-25-32(29-41)27-33(26-31)30-41/h3-4,7-10,12,31-34,43H,1-2,5-6,11,13-30H2,(H,44,51)/b36-12-. The topological polar surface area (TPSA) is 79.9 Å². The molecule has 276 valence electrons. The molecule has 7 fully saturated rings. The minimum Gasteiger partial charge on any atom is -0.387 e. The number of carbonyl (C=O) groups excluding carboxylic acids is 1. The quantitative estimate of drug-likeness (QED) is 0.280. The van der Waals surface area contributed by atoms with Crippen molar-refractivity contribution in [1.82, 2.24) is 30.4 Å². The van der Waals surface area contributed by atoms with Crippen LogP contribution in [0.4, 0.5) is 16.0 Å². The summed E-state index contributed by atoms with van der Waals surface area (Å²) < 4.78 is 13.6. The Bertz CT molecular complexity index is 1480. The molecular formula is C41H59FN8O. The number of nitrogens with zero attached hydrogens (tertiary/aromatic N) is 6. The molecule has 7 aliphatic rings. The monoisotopic (exact) mass is 698 g/mol. The number of aromatic nitrogens is 2. The fourth-order valence-corrected chi connectivity index (χ4v) is 10.8. The predicted octanol–water partition coefficient (Wildman–Crippen LogP) is 5.10. The molecule has 2 aliphatic heterocycles. The number of nitrogens with one attached hydrogen (secondary N) is 2. The highest BCUT2D eigenvalue weighted by atomic mass is 19.1. The molecule has 0 unspecified atom stereocenters. The van der Waals surface area contributed by atoms with Crippen molar-refractivity contribution in [3.8, 4) is 0 Å². The molecule has 5 saturated carbocycles. The fraction of sp³-hybridized carbons (Fsp3) is 0.683. The van der Waals surface area contributed by atoms with E-state index in [-0.39, 0.29) is 5.41 Å². The average Bonchev–Trinajstić information content (AvgIpc) is 3.68. The van der Waals surface area contributed by atoms with Crippen LogP contribution in [0.3, 0.4) is 0 Å². The molecule has 0 atom stereocenters. The zero-order valence-electron chi connectivity index (χ0n) is 30.6. The van der Waals surface area contributed by atoms with Crippen molar-refractivity contribution in [2.24, 2.45) is 29.1 Å². The van der Waals surface area contributed by atoms with Crippen molar-refractivity contribution in [2.45, 2.75) is 70.6 Å². The maximum absolute atomic E-state index is 13.6. The van der Waals surface area contributed by atoms with Crippen LogP contribution in [0.15, 0.2) is 48.2 Å². The SMILES string of the molecule is O=C(NCCN1CCN(c2cccc(C/C=C(\NCCN3CCN(c4cccc(F)n4)CC3)C3CCCC3)n2)CC1)C12CC3CC(CC(C3)C1)C2. The minimum absolute atomic E-state index is 0.0466. The number of hydrogen-bond donors (Lipinski definition) is 2. The van der Waals surface area contributed by atoms with Gasteiger partial charge in [0.05, 0.1) is 0 Å². The van der Waals surface area contributed by atoms with Crippen LogP contribution in [0.5, 0.6) is 0 Å². The van der Waals surface area contributed by atoms with E-state index in [1.807, 2.05) is 6.07 Å². The first-order valence-corrected chi connectivity index (χ1v) is 20.2. The summed E-state index contributed by atoms with van der Waals surface area (Å²) in [5.74, 6) is 4.81. The maximum Gasteiger partial charge on any atom is 0.226 e. The lowest BCUT2D eigenvalue weighted by Crippen LogP contribution is -2.54. The van der Waals surface area contributed by atoms with E-state index in [0.717, 1.165) is 139 Å². The number of anilines is 2. The normalized spacial score (nSPS) is 28.8. The predicted molar refractivity (Wildman–Crippen MR) is 201 cm³/mol. The number of pyridine rings is 2. The first-order valence-electron chi connectivity index (χ1n) is 20.2. The highest BCUT2D eigenvalue weighted by Crippen LogP contribution is 2.60. The molecule has 2 aromatic rings. The number of piperazine rings is 2. The second-order valence-corrected chi connectivity index (χ2v) is 16.7. The third-order valence-corrected chi connectivity index (χ3v) is 13.2. The Hall–Kier alpha value is -3.24. The second kappa shape index (κ2) is 15.8. The summed E-state index contributed by atoms with van der Waals surface area (Å²) in [6, 6.07) is 11.5. The smallest absolute Gasteiger partial charge is 0.226 e. The first-order chi connectivity index (χ1) is 25.0. The van der Waals surface area contributed by atoms with E-state index in [0.29, 0.717) is 11.8 Å². The molecule has 4 heterocycles. The Morgan fingerprint density at radius 3 is 1.88 bits per heavy atom. The van der Waals surface area contributed by atoms with Crippen LogP contribution in [-0.2, 0) is 11.2 Å². The third-order valence-electron chi connectivity index (χ3n) is 13.2. The number of rotatable bonds is 13. The van der Waals surface area contributed by atoms with Crippen LogP contribution in [0.25, 0.3) is 0 Å². The molecule has 9 rings (SSSR count). The van der Waals surface area contributed by atoms with Crippen LogP contribution in [0.2, 0.25) is 0 Å². The van der Waals surface area contributed by atoms with E-state index in [2.05, 4.69) is 59.5 Å². The Kier molecular flexibility index (Phi) is 10.8. The Labute approximate surface area is 304 Å². The van der Waals surface area contributed by atoms with Gasteiger partial charge in [-0.1, -0.05) is 31.1 Å². The van der Waals surface area contributed by atoms with Crippen molar-refractivity contribution >= 4 is 17.5 Å². The number of carbonyl (C=O) groups is 1. The first kappa shape index (κ1) is 34.8. The van der Waals surface area contributed by atoms with Crippen molar-refractivity contribution in [2.75, 3.05) is 88.3 Å². The number of hydrogen-bond acceptors (Lipinski definition) is 8. The van der Waals surface area contributed by atoms with Gasteiger partial charge in [-0.2, -0.15) is 4.39 Å². The molecule has 10 heteroatoms. The molecule has 1 amide bonds. The molecule has 0 aromatic carbocycles. The Morgan fingerprint density at radius 2 is 1.29 bits per heavy atom. The molecule has 2 N–H and O–H groups in total. The van der Waals surface area contributed by atoms with E-state index in [1.165, 1.54) is 56.7 Å². The molecule has 5 aliphatic carbocycles. The van der Waals surface area contributed by atoms with Gasteiger partial charge in [-0.15, -0.1) is 0 Å². The van der Waals surface area contributed by atoms with Gasteiger partial charge in [0.25, 0.3) is 0 Å². The van der Waals surface area contributed by atoms with Gasteiger partial charge in [-0.05, 0) is 99.3 Å². The third kappa shape index (κ3) is 8.38. The van der Waals surface area contributed by atoms with Crippen LogP contribution in [-0.4, -0.2) is 104 Å². The van der Waals surface area contributed by atoms with Crippen LogP contribution >= 0.6 is 0 Å². The molecule has 4 bridgehead atoms. The summed E-state index contributed by atoms with van der Waals surface area (Å²) in [6.45, 7) is 11.3. The summed E-state index contributed by atoms with van der Waals surface area (Å²) in [7, 11) is 0.